The van der Waals surface area contributed by atoms with E-state index in [1.807, 2.05) is 0 Å². The molecule has 17 heavy (non-hydrogen) atoms. The molecule has 1 aromatic rings. The van der Waals surface area contributed by atoms with Crippen molar-refractivity contribution in [2.45, 2.75) is 27.2 Å². The van der Waals surface area contributed by atoms with Gasteiger partial charge in [0.2, 0.25) is 0 Å². The molecule has 0 saturated carbocycles. The third-order valence-electron chi connectivity index (χ3n) is 2.36. The third kappa shape index (κ3) is 4.02. The normalized spacial score (nSPS) is 10.8. The van der Waals surface area contributed by atoms with Crippen molar-refractivity contribution in [1.82, 2.24) is 0 Å². The Morgan fingerprint density at radius 2 is 1.94 bits per heavy atom. The zero-order valence-corrected chi connectivity index (χ0v) is 10.4. The Balaban J connectivity index is 2.69. The lowest BCUT2D eigenvalue weighted by atomic mass is 10.1. The molecule has 0 saturated heterocycles. The van der Waals surface area contributed by atoms with Gasteiger partial charge in [0.05, 0.1) is 13.0 Å². The molecule has 0 N–H and O–H groups in total. The van der Waals surface area contributed by atoms with Crippen LogP contribution < -0.4 is 0 Å². The number of rotatable bonds is 4. The number of aryl methyl sites for hydroxylation is 2. The van der Waals surface area contributed by atoms with Crippen molar-refractivity contribution in [1.29, 1.82) is 0 Å². The standard InChI is InChI=1S/C14H17FO2/c1-4-17-13(16)7-5-6-12-8-10(2)14(15)11(3)9-12/h5-6,8-9H,4,7H2,1-3H3. The molecule has 0 amide bonds. The Labute approximate surface area is 101 Å². The van der Waals surface area contributed by atoms with E-state index in [0.29, 0.717) is 17.7 Å². The lowest BCUT2D eigenvalue weighted by Crippen LogP contribution is -2.01. The van der Waals surface area contributed by atoms with Crippen LogP contribution in [-0.2, 0) is 9.53 Å². The Morgan fingerprint density at radius 1 is 1.35 bits per heavy atom. The zero-order chi connectivity index (χ0) is 12.8. The molecule has 0 fully saturated rings. The first-order chi connectivity index (χ1) is 8.04. The molecule has 0 aromatic heterocycles. The van der Waals surface area contributed by atoms with Crippen LogP contribution in [0.15, 0.2) is 18.2 Å². The highest BCUT2D eigenvalue weighted by Gasteiger charge is 2.02. The average Bonchev–Trinajstić information content (AvgIpc) is 2.26. The second-order valence-electron chi connectivity index (χ2n) is 3.88. The number of esters is 1. The van der Waals surface area contributed by atoms with E-state index < -0.39 is 0 Å². The first-order valence-corrected chi connectivity index (χ1v) is 5.63. The molecule has 0 aliphatic carbocycles. The molecule has 2 nitrogen and oxygen atoms in total. The van der Waals surface area contributed by atoms with Gasteiger partial charge in [-0.05, 0) is 49.6 Å². The fourth-order valence-electron chi connectivity index (χ4n) is 1.59. The van der Waals surface area contributed by atoms with E-state index in [9.17, 15) is 9.18 Å². The van der Waals surface area contributed by atoms with Crippen LogP contribution in [0.4, 0.5) is 4.39 Å². The van der Waals surface area contributed by atoms with Crippen LogP contribution in [0.1, 0.15) is 30.0 Å². The summed E-state index contributed by atoms with van der Waals surface area (Å²) in [4.78, 5) is 11.1. The molecule has 0 aliphatic heterocycles. The van der Waals surface area contributed by atoms with Gasteiger partial charge in [-0.3, -0.25) is 4.79 Å². The maximum atomic E-state index is 13.4. The summed E-state index contributed by atoms with van der Waals surface area (Å²) in [6, 6.07) is 3.51. The van der Waals surface area contributed by atoms with Gasteiger partial charge in [0.25, 0.3) is 0 Å². The predicted octanol–water partition coefficient (Wildman–Crippen LogP) is 3.41. The van der Waals surface area contributed by atoms with E-state index in [1.54, 1.807) is 45.1 Å². The van der Waals surface area contributed by atoms with E-state index in [1.165, 1.54) is 0 Å². The number of benzene rings is 1. The van der Waals surface area contributed by atoms with Gasteiger partial charge >= 0.3 is 5.97 Å². The zero-order valence-electron chi connectivity index (χ0n) is 10.4. The highest BCUT2D eigenvalue weighted by Crippen LogP contribution is 2.15. The summed E-state index contributed by atoms with van der Waals surface area (Å²) in [6.45, 7) is 5.62. The minimum Gasteiger partial charge on any atom is -0.466 e. The number of hydrogen-bond donors (Lipinski definition) is 0. The fourth-order valence-corrected chi connectivity index (χ4v) is 1.59. The molecule has 1 aromatic carbocycles. The first kappa shape index (κ1) is 13.4. The van der Waals surface area contributed by atoms with Crippen LogP contribution in [-0.4, -0.2) is 12.6 Å². The highest BCUT2D eigenvalue weighted by atomic mass is 19.1. The Kier molecular flexibility index (Phi) is 4.88. The molecule has 3 heteroatoms. The summed E-state index contributed by atoms with van der Waals surface area (Å²) in [5.74, 6) is -0.424. The van der Waals surface area contributed by atoms with E-state index in [0.717, 1.165) is 5.56 Å². The molecular weight excluding hydrogens is 219 g/mol. The topological polar surface area (TPSA) is 26.3 Å². The molecule has 0 heterocycles. The molecule has 0 unspecified atom stereocenters. The van der Waals surface area contributed by atoms with E-state index in [2.05, 4.69) is 0 Å². The average molecular weight is 236 g/mol. The first-order valence-electron chi connectivity index (χ1n) is 5.63. The molecule has 92 valence electrons. The van der Waals surface area contributed by atoms with E-state index in [-0.39, 0.29) is 18.2 Å². The monoisotopic (exact) mass is 236 g/mol. The quantitative estimate of drug-likeness (QED) is 0.749. The maximum absolute atomic E-state index is 13.4. The van der Waals surface area contributed by atoms with Crippen molar-refractivity contribution in [2.75, 3.05) is 6.61 Å². The molecule has 0 bridgehead atoms. The minimum atomic E-state index is -0.251. The summed E-state index contributed by atoms with van der Waals surface area (Å²) in [5, 5.41) is 0. The summed E-state index contributed by atoms with van der Waals surface area (Å²) >= 11 is 0. The SMILES string of the molecule is CCOC(=O)CC=Cc1cc(C)c(F)c(C)c1. The van der Waals surface area contributed by atoms with E-state index >= 15 is 0 Å². The maximum Gasteiger partial charge on any atom is 0.309 e. The van der Waals surface area contributed by atoms with Crippen molar-refractivity contribution in [3.05, 3.63) is 40.7 Å². The fraction of sp³-hybridized carbons (Fsp3) is 0.357. The van der Waals surface area contributed by atoms with Gasteiger partial charge in [-0.2, -0.15) is 0 Å². The lowest BCUT2D eigenvalue weighted by molar-refractivity contribution is -0.142. The second-order valence-corrected chi connectivity index (χ2v) is 3.88. The number of carbonyl (C=O) groups excluding carboxylic acids is 1. The predicted molar refractivity (Wildman–Crippen MR) is 66.2 cm³/mol. The van der Waals surface area contributed by atoms with Gasteiger partial charge in [0.15, 0.2) is 0 Å². The van der Waals surface area contributed by atoms with Gasteiger partial charge in [-0.25, -0.2) is 4.39 Å². The Bertz CT molecular complexity index is 413. The van der Waals surface area contributed by atoms with Gasteiger partial charge in [0, 0.05) is 0 Å². The molecule has 0 radical (unpaired) electrons. The summed E-state index contributed by atoms with van der Waals surface area (Å²) in [5.41, 5.74) is 2.12. The third-order valence-corrected chi connectivity index (χ3v) is 2.36. The van der Waals surface area contributed by atoms with Crippen LogP contribution >= 0.6 is 0 Å². The van der Waals surface area contributed by atoms with Crippen molar-refractivity contribution in [3.63, 3.8) is 0 Å². The van der Waals surface area contributed by atoms with Crippen LogP contribution in [0.5, 0.6) is 0 Å². The number of hydrogen-bond acceptors (Lipinski definition) is 2. The number of ether oxygens (including phenoxy) is 1. The van der Waals surface area contributed by atoms with Crippen LogP contribution in [0.3, 0.4) is 0 Å². The van der Waals surface area contributed by atoms with Crippen LogP contribution in [0.25, 0.3) is 6.08 Å². The largest absolute Gasteiger partial charge is 0.466 e. The molecule has 0 aliphatic rings. The molecule has 0 atom stereocenters. The van der Waals surface area contributed by atoms with E-state index in [4.69, 9.17) is 4.74 Å². The lowest BCUT2D eigenvalue weighted by Gasteiger charge is -2.03. The number of halogens is 1. The smallest absolute Gasteiger partial charge is 0.309 e. The summed E-state index contributed by atoms with van der Waals surface area (Å²) in [7, 11) is 0. The van der Waals surface area contributed by atoms with Gasteiger partial charge in [0.1, 0.15) is 5.82 Å². The Morgan fingerprint density at radius 3 is 2.47 bits per heavy atom. The molecule has 1 rings (SSSR count). The van der Waals surface area contributed by atoms with Crippen molar-refractivity contribution in [2.24, 2.45) is 0 Å². The minimum absolute atomic E-state index is 0.174. The molecule has 0 spiro atoms. The van der Waals surface area contributed by atoms with Gasteiger partial charge in [-0.15, -0.1) is 0 Å². The summed E-state index contributed by atoms with van der Waals surface area (Å²) < 4.78 is 18.2. The van der Waals surface area contributed by atoms with Gasteiger partial charge < -0.3 is 4.74 Å². The second kappa shape index (κ2) is 6.18. The van der Waals surface area contributed by atoms with Crippen LogP contribution in [0, 0.1) is 19.7 Å². The van der Waals surface area contributed by atoms with Crippen molar-refractivity contribution < 1.29 is 13.9 Å². The molecular formula is C14H17FO2. The van der Waals surface area contributed by atoms with Crippen LogP contribution in [0.2, 0.25) is 0 Å². The summed E-state index contributed by atoms with van der Waals surface area (Å²) in [6.07, 6.45) is 3.77. The Hall–Kier alpha value is -1.64. The van der Waals surface area contributed by atoms with Gasteiger partial charge in [-0.1, -0.05) is 12.2 Å². The van der Waals surface area contributed by atoms with Crippen molar-refractivity contribution in [3.8, 4) is 0 Å². The van der Waals surface area contributed by atoms with Crippen molar-refractivity contribution >= 4 is 12.0 Å². The number of carbonyl (C=O) groups is 1. The highest BCUT2D eigenvalue weighted by molar-refractivity contribution is 5.72.